The van der Waals surface area contributed by atoms with Crippen molar-refractivity contribution in [3.05, 3.63) is 59.4 Å². The SMILES string of the molecule is CCN(CC1CCCN(CCc2cccc(OC)c2)C1)C(=O)c1ccc(C)nc1. The second kappa shape index (κ2) is 10.4. The van der Waals surface area contributed by atoms with Crippen LogP contribution in [0.15, 0.2) is 42.6 Å². The van der Waals surface area contributed by atoms with Crippen molar-refractivity contribution in [3.8, 4) is 5.75 Å². The minimum Gasteiger partial charge on any atom is -0.497 e. The lowest BCUT2D eigenvalue weighted by Gasteiger charge is -2.35. The number of carbonyl (C=O) groups excluding carboxylic acids is 1. The van der Waals surface area contributed by atoms with Gasteiger partial charge in [-0.1, -0.05) is 12.1 Å². The van der Waals surface area contributed by atoms with E-state index in [-0.39, 0.29) is 5.91 Å². The average molecular weight is 396 g/mol. The third-order valence-corrected chi connectivity index (χ3v) is 5.76. The molecular formula is C24H33N3O2. The molecule has 0 spiro atoms. The molecule has 0 aliphatic carbocycles. The van der Waals surface area contributed by atoms with Gasteiger partial charge in [-0.2, -0.15) is 0 Å². The van der Waals surface area contributed by atoms with E-state index in [1.54, 1.807) is 13.3 Å². The molecule has 1 aromatic carbocycles. The molecule has 1 fully saturated rings. The van der Waals surface area contributed by atoms with Gasteiger partial charge in [0.1, 0.15) is 5.75 Å². The molecule has 1 aliphatic heterocycles. The molecule has 0 saturated carbocycles. The van der Waals surface area contributed by atoms with E-state index in [9.17, 15) is 4.79 Å². The third kappa shape index (κ3) is 6.04. The molecule has 1 amide bonds. The standard InChI is InChI=1S/C24H33N3O2/c1-4-27(24(28)22-11-10-19(2)25-16-22)18-21-8-6-13-26(17-21)14-12-20-7-5-9-23(15-20)29-3/h5,7,9-11,15-16,21H,4,6,8,12-14,17-18H2,1-3H3. The minimum absolute atomic E-state index is 0.0912. The minimum atomic E-state index is 0.0912. The Labute approximate surface area is 174 Å². The van der Waals surface area contributed by atoms with Crippen LogP contribution in [-0.4, -0.2) is 60.5 Å². The highest BCUT2D eigenvalue weighted by Crippen LogP contribution is 2.20. The van der Waals surface area contributed by atoms with Crippen molar-refractivity contribution < 1.29 is 9.53 Å². The van der Waals surface area contributed by atoms with Gasteiger partial charge in [0.05, 0.1) is 12.7 Å². The van der Waals surface area contributed by atoms with Crippen LogP contribution in [0, 0.1) is 12.8 Å². The maximum atomic E-state index is 12.9. The first-order valence-corrected chi connectivity index (χ1v) is 10.7. The van der Waals surface area contributed by atoms with Crippen LogP contribution in [0.25, 0.3) is 0 Å². The second-order valence-electron chi connectivity index (χ2n) is 7.94. The Kier molecular flexibility index (Phi) is 7.64. The number of amides is 1. The molecule has 156 valence electrons. The zero-order valence-corrected chi connectivity index (χ0v) is 17.9. The fourth-order valence-electron chi connectivity index (χ4n) is 4.06. The van der Waals surface area contributed by atoms with Crippen molar-refractivity contribution in [1.29, 1.82) is 0 Å². The Morgan fingerprint density at radius 1 is 1.31 bits per heavy atom. The van der Waals surface area contributed by atoms with Crippen molar-refractivity contribution in [3.63, 3.8) is 0 Å². The molecule has 3 rings (SSSR count). The lowest BCUT2D eigenvalue weighted by molar-refractivity contribution is 0.0690. The molecule has 1 atom stereocenters. The second-order valence-corrected chi connectivity index (χ2v) is 7.94. The van der Waals surface area contributed by atoms with Crippen molar-refractivity contribution in [1.82, 2.24) is 14.8 Å². The Morgan fingerprint density at radius 2 is 2.17 bits per heavy atom. The van der Waals surface area contributed by atoms with Gasteiger partial charge in [0.2, 0.25) is 0 Å². The van der Waals surface area contributed by atoms with Gasteiger partial charge in [-0.05, 0) is 75.4 Å². The predicted octanol–water partition coefficient (Wildman–Crippen LogP) is 3.82. The Balaban J connectivity index is 1.53. The van der Waals surface area contributed by atoms with Crippen LogP contribution in [0.2, 0.25) is 0 Å². The van der Waals surface area contributed by atoms with Gasteiger partial charge in [0.15, 0.2) is 0 Å². The van der Waals surface area contributed by atoms with Crippen LogP contribution in [-0.2, 0) is 6.42 Å². The van der Waals surface area contributed by atoms with Crippen LogP contribution in [0.5, 0.6) is 5.75 Å². The number of carbonyl (C=O) groups is 1. The zero-order valence-electron chi connectivity index (χ0n) is 17.9. The summed E-state index contributed by atoms with van der Waals surface area (Å²) in [5.41, 5.74) is 2.93. The number of likely N-dealkylation sites (tertiary alicyclic amines) is 1. The molecule has 5 nitrogen and oxygen atoms in total. The largest absolute Gasteiger partial charge is 0.497 e. The quantitative estimate of drug-likeness (QED) is 0.682. The van der Waals surface area contributed by atoms with Crippen molar-refractivity contribution in [2.24, 2.45) is 5.92 Å². The molecule has 2 heterocycles. The summed E-state index contributed by atoms with van der Waals surface area (Å²) >= 11 is 0. The summed E-state index contributed by atoms with van der Waals surface area (Å²) in [6.07, 6.45) is 5.10. The highest BCUT2D eigenvalue weighted by atomic mass is 16.5. The van der Waals surface area contributed by atoms with E-state index in [1.165, 1.54) is 18.4 Å². The number of benzene rings is 1. The fraction of sp³-hybridized carbons (Fsp3) is 0.500. The first kappa shape index (κ1) is 21.3. The first-order chi connectivity index (χ1) is 14.1. The summed E-state index contributed by atoms with van der Waals surface area (Å²) in [6.45, 7) is 8.79. The third-order valence-electron chi connectivity index (χ3n) is 5.76. The van der Waals surface area contributed by atoms with Crippen LogP contribution < -0.4 is 4.74 Å². The molecule has 29 heavy (non-hydrogen) atoms. The summed E-state index contributed by atoms with van der Waals surface area (Å²) < 4.78 is 5.33. The lowest BCUT2D eigenvalue weighted by atomic mass is 9.96. The number of methoxy groups -OCH3 is 1. The van der Waals surface area contributed by atoms with Gasteiger partial charge < -0.3 is 14.5 Å². The highest BCUT2D eigenvalue weighted by Gasteiger charge is 2.24. The topological polar surface area (TPSA) is 45.7 Å². The maximum absolute atomic E-state index is 12.9. The summed E-state index contributed by atoms with van der Waals surface area (Å²) in [5, 5.41) is 0. The van der Waals surface area contributed by atoms with Gasteiger partial charge in [-0.15, -0.1) is 0 Å². The van der Waals surface area contributed by atoms with E-state index in [4.69, 9.17) is 4.74 Å². The van der Waals surface area contributed by atoms with Gasteiger partial charge in [-0.3, -0.25) is 9.78 Å². The van der Waals surface area contributed by atoms with Crippen LogP contribution in [0.1, 0.15) is 41.4 Å². The number of hydrogen-bond donors (Lipinski definition) is 0. The van der Waals surface area contributed by atoms with Gasteiger partial charge in [0.25, 0.3) is 5.91 Å². The Morgan fingerprint density at radius 3 is 2.90 bits per heavy atom. The predicted molar refractivity (Wildman–Crippen MR) is 116 cm³/mol. The summed E-state index contributed by atoms with van der Waals surface area (Å²) in [4.78, 5) is 21.7. The van der Waals surface area contributed by atoms with Crippen molar-refractivity contribution in [2.75, 3.05) is 39.8 Å². The number of aryl methyl sites for hydroxylation is 1. The zero-order chi connectivity index (χ0) is 20.6. The molecule has 0 radical (unpaired) electrons. The van der Waals surface area contributed by atoms with E-state index in [2.05, 4.69) is 35.0 Å². The van der Waals surface area contributed by atoms with Gasteiger partial charge in [0, 0.05) is 38.1 Å². The van der Waals surface area contributed by atoms with Gasteiger partial charge in [-0.25, -0.2) is 0 Å². The lowest BCUT2D eigenvalue weighted by Crippen LogP contribution is -2.43. The number of pyridine rings is 1. The van der Waals surface area contributed by atoms with Crippen molar-refractivity contribution >= 4 is 5.91 Å². The molecule has 1 aromatic heterocycles. The highest BCUT2D eigenvalue weighted by molar-refractivity contribution is 5.93. The Bertz CT molecular complexity index is 791. The molecule has 1 aliphatic rings. The van der Waals surface area contributed by atoms with Crippen molar-refractivity contribution in [2.45, 2.75) is 33.1 Å². The molecule has 5 heteroatoms. The summed E-state index contributed by atoms with van der Waals surface area (Å²) in [7, 11) is 1.71. The van der Waals surface area contributed by atoms with Crippen LogP contribution in [0.4, 0.5) is 0 Å². The number of nitrogens with zero attached hydrogens (tertiary/aromatic N) is 3. The van der Waals surface area contributed by atoms with Gasteiger partial charge >= 0.3 is 0 Å². The normalized spacial score (nSPS) is 17.1. The van der Waals surface area contributed by atoms with E-state index in [1.807, 2.05) is 30.0 Å². The first-order valence-electron chi connectivity index (χ1n) is 10.7. The molecule has 0 bridgehead atoms. The van der Waals surface area contributed by atoms with Crippen LogP contribution >= 0.6 is 0 Å². The summed E-state index contributed by atoms with van der Waals surface area (Å²) in [6, 6.07) is 12.1. The molecule has 0 N–H and O–H groups in total. The van der Waals surface area contributed by atoms with E-state index < -0.39 is 0 Å². The van der Waals surface area contributed by atoms with E-state index in [0.29, 0.717) is 11.5 Å². The summed E-state index contributed by atoms with van der Waals surface area (Å²) in [5.74, 6) is 1.53. The number of hydrogen-bond acceptors (Lipinski definition) is 4. The van der Waals surface area contributed by atoms with Crippen LogP contribution in [0.3, 0.4) is 0 Å². The maximum Gasteiger partial charge on any atom is 0.255 e. The Hall–Kier alpha value is -2.40. The van der Waals surface area contributed by atoms with E-state index in [0.717, 1.165) is 50.6 Å². The smallest absolute Gasteiger partial charge is 0.255 e. The number of piperidine rings is 1. The molecule has 1 unspecified atom stereocenters. The average Bonchev–Trinajstić information content (AvgIpc) is 2.76. The molecule has 2 aromatic rings. The fourth-order valence-corrected chi connectivity index (χ4v) is 4.06. The molecular weight excluding hydrogens is 362 g/mol. The number of aromatic nitrogens is 1. The number of ether oxygens (including phenoxy) is 1. The molecule has 1 saturated heterocycles. The van der Waals surface area contributed by atoms with E-state index >= 15 is 0 Å². The number of rotatable bonds is 8. The monoisotopic (exact) mass is 395 g/mol.